The maximum absolute atomic E-state index is 4.90. The molecule has 1 N–H and O–H groups in total. The van der Waals surface area contributed by atoms with Crippen molar-refractivity contribution in [3.8, 4) is 0 Å². The Kier molecular flexibility index (Phi) is 2.34. The molecule has 0 fully saturated rings. The van der Waals surface area contributed by atoms with Crippen LogP contribution in [-0.2, 0) is 6.42 Å². The van der Waals surface area contributed by atoms with Gasteiger partial charge in [0.15, 0.2) is 0 Å². The number of aromatic amines is 1. The predicted molar refractivity (Wildman–Crippen MR) is 85.2 cm³/mol. The minimum Gasteiger partial charge on any atom is -0.353 e. The Labute approximate surface area is 117 Å². The summed E-state index contributed by atoms with van der Waals surface area (Å²) in [6, 6.07) is 14.9. The van der Waals surface area contributed by atoms with Gasteiger partial charge in [0.25, 0.3) is 0 Å². The van der Waals surface area contributed by atoms with E-state index in [-0.39, 0.29) is 0 Å². The highest BCUT2D eigenvalue weighted by Crippen LogP contribution is 2.31. The number of aryl methyl sites for hydroxylation is 2. The van der Waals surface area contributed by atoms with Crippen molar-refractivity contribution in [3.63, 3.8) is 0 Å². The quantitative estimate of drug-likeness (QED) is 0.526. The van der Waals surface area contributed by atoms with Gasteiger partial charge in [-0.15, -0.1) is 0 Å². The Morgan fingerprint density at radius 3 is 2.75 bits per heavy atom. The van der Waals surface area contributed by atoms with Gasteiger partial charge in [-0.2, -0.15) is 0 Å². The molecule has 0 unspecified atom stereocenters. The van der Waals surface area contributed by atoms with Gasteiger partial charge in [-0.25, -0.2) is 4.98 Å². The number of nitrogens with one attached hydrogen (secondary N) is 1. The fourth-order valence-corrected chi connectivity index (χ4v) is 3.07. The van der Waals surface area contributed by atoms with Crippen LogP contribution < -0.4 is 0 Å². The third-order valence-corrected chi connectivity index (χ3v) is 4.04. The first-order valence-electron chi connectivity index (χ1n) is 7.07. The Bertz CT molecular complexity index is 948. The number of benzene rings is 2. The van der Waals surface area contributed by atoms with Gasteiger partial charge in [-0.3, -0.25) is 0 Å². The third kappa shape index (κ3) is 1.48. The minimum atomic E-state index is 1.01. The highest BCUT2D eigenvalue weighted by molar-refractivity contribution is 6.10. The standard InChI is InChI=1S/C18H16N2/c1-3-12-13-9-8-11(2)10-16(13)20-18-14-6-4-5-7-15(14)19-17(12)18/h4-10,19H,3H2,1-2H3. The van der Waals surface area contributed by atoms with Crippen molar-refractivity contribution in [3.05, 3.63) is 53.6 Å². The zero-order valence-corrected chi connectivity index (χ0v) is 11.7. The van der Waals surface area contributed by atoms with E-state index in [4.69, 9.17) is 4.98 Å². The van der Waals surface area contributed by atoms with Crippen molar-refractivity contribution >= 4 is 32.8 Å². The minimum absolute atomic E-state index is 1.01. The van der Waals surface area contributed by atoms with E-state index in [1.807, 2.05) is 0 Å². The lowest BCUT2D eigenvalue weighted by atomic mass is 10.0. The molecule has 2 heteroatoms. The molecule has 98 valence electrons. The zero-order valence-electron chi connectivity index (χ0n) is 11.7. The maximum atomic E-state index is 4.90. The second-order valence-electron chi connectivity index (χ2n) is 5.36. The monoisotopic (exact) mass is 260 g/mol. The summed E-state index contributed by atoms with van der Waals surface area (Å²) in [4.78, 5) is 8.45. The summed E-state index contributed by atoms with van der Waals surface area (Å²) in [5, 5.41) is 2.47. The van der Waals surface area contributed by atoms with Crippen LogP contribution in [0.25, 0.3) is 32.8 Å². The Hall–Kier alpha value is -2.35. The van der Waals surface area contributed by atoms with Crippen LogP contribution in [0, 0.1) is 6.92 Å². The summed E-state index contributed by atoms with van der Waals surface area (Å²) in [5.41, 5.74) is 7.16. The molecule has 0 aliphatic carbocycles. The normalized spacial score (nSPS) is 11.7. The number of fused-ring (bicyclic) bond motifs is 4. The number of para-hydroxylation sites is 1. The molecule has 0 aliphatic heterocycles. The van der Waals surface area contributed by atoms with Gasteiger partial charge in [0, 0.05) is 16.3 Å². The Morgan fingerprint density at radius 1 is 1.05 bits per heavy atom. The molecule has 0 amide bonds. The van der Waals surface area contributed by atoms with Crippen LogP contribution in [0.2, 0.25) is 0 Å². The molecule has 0 saturated heterocycles. The molecule has 0 aliphatic rings. The molecule has 0 saturated carbocycles. The van der Waals surface area contributed by atoms with Gasteiger partial charge in [-0.1, -0.05) is 37.3 Å². The molecule has 2 aromatic carbocycles. The summed E-state index contributed by atoms with van der Waals surface area (Å²) in [5.74, 6) is 0. The first-order chi connectivity index (χ1) is 9.78. The average molecular weight is 260 g/mol. The van der Waals surface area contributed by atoms with E-state index in [0.29, 0.717) is 0 Å². The van der Waals surface area contributed by atoms with E-state index >= 15 is 0 Å². The second kappa shape index (κ2) is 4.07. The molecule has 4 rings (SSSR count). The van der Waals surface area contributed by atoms with E-state index in [0.717, 1.165) is 23.0 Å². The number of nitrogens with zero attached hydrogens (tertiary/aromatic N) is 1. The lowest BCUT2D eigenvalue weighted by Crippen LogP contribution is -1.90. The van der Waals surface area contributed by atoms with Crippen LogP contribution in [0.5, 0.6) is 0 Å². The van der Waals surface area contributed by atoms with Gasteiger partial charge >= 0.3 is 0 Å². The highest BCUT2D eigenvalue weighted by atomic mass is 14.8. The number of pyridine rings is 1. The van der Waals surface area contributed by atoms with Crippen molar-refractivity contribution in [1.29, 1.82) is 0 Å². The first kappa shape index (κ1) is 11.5. The number of hydrogen-bond acceptors (Lipinski definition) is 1. The van der Waals surface area contributed by atoms with Gasteiger partial charge in [0.2, 0.25) is 0 Å². The molecule has 20 heavy (non-hydrogen) atoms. The van der Waals surface area contributed by atoms with Crippen molar-refractivity contribution in [2.24, 2.45) is 0 Å². The molecule has 0 spiro atoms. The van der Waals surface area contributed by atoms with E-state index in [2.05, 4.69) is 61.3 Å². The molecular formula is C18H16N2. The SMILES string of the molecule is CCc1c2ccc(C)cc2nc2c1[nH]c1ccccc12. The summed E-state index contributed by atoms with van der Waals surface area (Å²) in [6.07, 6.45) is 1.01. The van der Waals surface area contributed by atoms with Gasteiger partial charge < -0.3 is 4.98 Å². The fourth-order valence-electron chi connectivity index (χ4n) is 3.07. The molecule has 0 bridgehead atoms. The van der Waals surface area contributed by atoms with E-state index in [9.17, 15) is 0 Å². The molecule has 0 radical (unpaired) electrons. The lowest BCUT2D eigenvalue weighted by molar-refractivity contribution is 1.16. The zero-order chi connectivity index (χ0) is 13.7. The van der Waals surface area contributed by atoms with Crippen LogP contribution in [0.4, 0.5) is 0 Å². The van der Waals surface area contributed by atoms with Gasteiger partial charge in [-0.05, 0) is 36.6 Å². The summed E-state index contributed by atoms with van der Waals surface area (Å²) in [6.45, 7) is 4.33. The lowest BCUT2D eigenvalue weighted by Gasteiger charge is -2.06. The van der Waals surface area contributed by atoms with Gasteiger partial charge in [0.05, 0.1) is 16.6 Å². The van der Waals surface area contributed by atoms with Crippen LogP contribution in [-0.4, -0.2) is 9.97 Å². The summed E-state index contributed by atoms with van der Waals surface area (Å²) in [7, 11) is 0. The number of H-pyrrole nitrogens is 1. The second-order valence-corrected chi connectivity index (χ2v) is 5.36. The first-order valence-corrected chi connectivity index (χ1v) is 7.07. The van der Waals surface area contributed by atoms with E-state index in [1.54, 1.807) is 0 Å². The number of rotatable bonds is 1. The van der Waals surface area contributed by atoms with Gasteiger partial charge in [0.1, 0.15) is 0 Å². The van der Waals surface area contributed by atoms with Crippen LogP contribution in [0.3, 0.4) is 0 Å². The molecule has 4 aromatic rings. The highest BCUT2D eigenvalue weighted by Gasteiger charge is 2.12. The summed E-state index contributed by atoms with van der Waals surface area (Å²) >= 11 is 0. The fraction of sp³-hybridized carbons (Fsp3) is 0.167. The Balaban J connectivity index is 2.28. The van der Waals surface area contributed by atoms with Crippen LogP contribution >= 0.6 is 0 Å². The molecular weight excluding hydrogens is 244 g/mol. The molecule has 2 nitrogen and oxygen atoms in total. The largest absolute Gasteiger partial charge is 0.353 e. The van der Waals surface area contributed by atoms with Crippen LogP contribution in [0.15, 0.2) is 42.5 Å². The third-order valence-electron chi connectivity index (χ3n) is 4.04. The molecule has 0 atom stereocenters. The molecule has 2 aromatic heterocycles. The smallest absolute Gasteiger partial charge is 0.0968 e. The average Bonchev–Trinajstić information content (AvgIpc) is 2.83. The van der Waals surface area contributed by atoms with Crippen molar-refractivity contribution in [2.45, 2.75) is 20.3 Å². The Morgan fingerprint density at radius 2 is 1.90 bits per heavy atom. The molecule has 2 heterocycles. The predicted octanol–water partition coefficient (Wildman–Crippen LogP) is 4.74. The number of hydrogen-bond donors (Lipinski definition) is 1. The van der Waals surface area contributed by atoms with Crippen LogP contribution in [0.1, 0.15) is 18.1 Å². The van der Waals surface area contributed by atoms with Crippen molar-refractivity contribution < 1.29 is 0 Å². The van der Waals surface area contributed by atoms with Crippen molar-refractivity contribution in [2.75, 3.05) is 0 Å². The van der Waals surface area contributed by atoms with E-state index < -0.39 is 0 Å². The number of aromatic nitrogens is 2. The summed E-state index contributed by atoms with van der Waals surface area (Å²) < 4.78 is 0. The topological polar surface area (TPSA) is 28.7 Å². The van der Waals surface area contributed by atoms with Crippen molar-refractivity contribution in [1.82, 2.24) is 9.97 Å². The maximum Gasteiger partial charge on any atom is 0.0968 e. The van der Waals surface area contributed by atoms with E-state index in [1.165, 1.54) is 27.4 Å².